The van der Waals surface area contributed by atoms with Crippen molar-refractivity contribution < 1.29 is 19.4 Å². The van der Waals surface area contributed by atoms with Gasteiger partial charge in [0.25, 0.3) is 0 Å². The summed E-state index contributed by atoms with van der Waals surface area (Å²) in [4.78, 5) is 11.6. The van der Waals surface area contributed by atoms with Gasteiger partial charge in [-0.15, -0.1) is 0 Å². The molecule has 1 saturated carbocycles. The van der Waals surface area contributed by atoms with Gasteiger partial charge in [-0.05, 0) is 24.7 Å². The fraction of sp³-hybridized carbons (Fsp3) is 0.842. The van der Waals surface area contributed by atoms with Crippen LogP contribution in [0.15, 0.2) is 12.2 Å². The van der Waals surface area contributed by atoms with Crippen molar-refractivity contribution in [1.29, 1.82) is 0 Å². The zero-order chi connectivity index (χ0) is 17.5. The summed E-state index contributed by atoms with van der Waals surface area (Å²) in [6.45, 7) is 2.22. The SMILES string of the molecule is CC[C@H]1[C@@H](Br)[C@H]1C=C[C@@H]1O[C@H]1C(O)CCCCCCCC(=O)OC. The lowest BCUT2D eigenvalue weighted by Gasteiger charge is -2.07. The second-order valence-corrected chi connectivity index (χ2v) is 8.05. The van der Waals surface area contributed by atoms with E-state index in [9.17, 15) is 9.90 Å². The van der Waals surface area contributed by atoms with Gasteiger partial charge >= 0.3 is 5.97 Å². The number of ether oxygens (including phenoxy) is 2. The van der Waals surface area contributed by atoms with E-state index in [4.69, 9.17) is 4.74 Å². The van der Waals surface area contributed by atoms with E-state index in [0.29, 0.717) is 17.2 Å². The molecule has 0 amide bonds. The highest BCUT2D eigenvalue weighted by Crippen LogP contribution is 2.48. The van der Waals surface area contributed by atoms with Gasteiger partial charge < -0.3 is 14.6 Å². The van der Waals surface area contributed by atoms with Crippen LogP contribution < -0.4 is 0 Å². The third-order valence-electron chi connectivity index (χ3n) is 5.17. The highest BCUT2D eigenvalue weighted by molar-refractivity contribution is 9.09. The van der Waals surface area contributed by atoms with Gasteiger partial charge in [0.1, 0.15) is 12.2 Å². The molecule has 6 atom stereocenters. The standard InChI is InChI=1S/C19H31BrO4/c1-3-13-14(18(13)20)11-12-16-19(24-16)15(21)9-7-5-4-6-8-10-17(22)23-2/h11-16,18-19,21H,3-10H2,1-2H3/t13-,14+,15?,16+,18-,19+/m1/s1. The van der Waals surface area contributed by atoms with Gasteiger partial charge in [0.15, 0.2) is 0 Å². The number of epoxide rings is 1. The summed E-state index contributed by atoms with van der Waals surface area (Å²) in [7, 11) is 1.43. The molecule has 138 valence electrons. The minimum Gasteiger partial charge on any atom is -0.469 e. The monoisotopic (exact) mass is 402 g/mol. The van der Waals surface area contributed by atoms with Crippen LogP contribution in [-0.2, 0) is 14.3 Å². The predicted octanol–water partition coefficient (Wildman–Crippen LogP) is 3.99. The van der Waals surface area contributed by atoms with Crippen molar-refractivity contribution in [2.24, 2.45) is 11.8 Å². The maximum absolute atomic E-state index is 11.0. The lowest BCUT2D eigenvalue weighted by Crippen LogP contribution is -2.16. The Morgan fingerprint density at radius 3 is 2.62 bits per heavy atom. The normalized spacial score (nSPS) is 32.8. The second kappa shape index (κ2) is 9.93. The number of hydrogen-bond acceptors (Lipinski definition) is 4. The molecule has 2 aliphatic rings. The van der Waals surface area contributed by atoms with Crippen molar-refractivity contribution in [3.8, 4) is 0 Å². The molecular formula is C19H31BrO4. The Morgan fingerprint density at radius 2 is 1.96 bits per heavy atom. The Morgan fingerprint density at radius 1 is 1.25 bits per heavy atom. The molecule has 0 aromatic carbocycles. The van der Waals surface area contributed by atoms with E-state index in [0.717, 1.165) is 44.4 Å². The highest BCUT2D eigenvalue weighted by Gasteiger charge is 2.47. The summed E-state index contributed by atoms with van der Waals surface area (Å²) in [5.41, 5.74) is 0. The number of esters is 1. The van der Waals surface area contributed by atoms with Crippen LogP contribution in [-0.4, -0.2) is 41.3 Å². The summed E-state index contributed by atoms with van der Waals surface area (Å²) in [5, 5.41) is 10.2. The van der Waals surface area contributed by atoms with Crippen LogP contribution in [0.2, 0.25) is 0 Å². The minimum atomic E-state index is -0.351. The van der Waals surface area contributed by atoms with Crippen LogP contribution >= 0.6 is 15.9 Å². The average Bonchev–Trinajstić information content (AvgIpc) is 3.47. The number of methoxy groups -OCH3 is 1. The van der Waals surface area contributed by atoms with Crippen LogP contribution in [0.4, 0.5) is 0 Å². The maximum Gasteiger partial charge on any atom is 0.305 e. The number of alkyl halides is 1. The number of rotatable bonds is 12. The first-order chi connectivity index (χ1) is 11.6. The van der Waals surface area contributed by atoms with Crippen molar-refractivity contribution in [3.63, 3.8) is 0 Å². The molecule has 2 rings (SSSR count). The fourth-order valence-electron chi connectivity index (χ4n) is 3.36. The number of halogens is 1. The van der Waals surface area contributed by atoms with Gasteiger partial charge in [-0.2, -0.15) is 0 Å². The molecule has 0 radical (unpaired) electrons. The van der Waals surface area contributed by atoms with E-state index >= 15 is 0 Å². The van der Waals surface area contributed by atoms with Crippen molar-refractivity contribution in [3.05, 3.63) is 12.2 Å². The van der Waals surface area contributed by atoms with Gasteiger partial charge in [-0.1, -0.05) is 67.1 Å². The lowest BCUT2D eigenvalue weighted by molar-refractivity contribution is -0.140. The number of hydrogen-bond donors (Lipinski definition) is 1. The molecule has 5 heteroatoms. The van der Waals surface area contributed by atoms with Gasteiger partial charge in [-0.25, -0.2) is 0 Å². The molecule has 2 fully saturated rings. The number of carbonyl (C=O) groups is 1. The molecule has 1 heterocycles. The average molecular weight is 403 g/mol. The van der Waals surface area contributed by atoms with Crippen molar-refractivity contribution in [2.45, 2.75) is 81.4 Å². The Bertz CT molecular complexity index is 426. The van der Waals surface area contributed by atoms with E-state index in [1.165, 1.54) is 13.5 Å². The number of aliphatic hydroxyl groups is 1. The van der Waals surface area contributed by atoms with Crippen LogP contribution in [0.25, 0.3) is 0 Å². The fourth-order valence-corrected chi connectivity index (χ4v) is 4.48. The number of allylic oxidation sites excluding steroid dienone is 1. The molecule has 1 aliphatic heterocycles. The van der Waals surface area contributed by atoms with Crippen LogP contribution in [0.5, 0.6) is 0 Å². The van der Waals surface area contributed by atoms with Gasteiger partial charge in [-0.3, -0.25) is 4.79 Å². The summed E-state index contributed by atoms with van der Waals surface area (Å²) < 4.78 is 10.2. The molecule has 4 nitrogen and oxygen atoms in total. The van der Waals surface area contributed by atoms with E-state index in [1.807, 2.05) is 0 Å². The quantitative estimate of drug-likeness (QED) is 0.176. The zero-order valence-electron chi connectivity index (χ0n) is 14.8. The van der Waals surface area contributed by atoms with E-state index in [-0.39, 0.29) is 24.3 Å². The van der Waals surface area contributed by atoms with E-state index in [2.05, 4.69) is 39.7 Å². The van der Waals surface area contributed by atoms with Crippen LogP contribution in [0, 0.1) is 11.8 Å². The molecule has 0 aromatic heterocycles. The Kier molecular flexibility index (Phi) is 8.24. The Hall–Kier alpha value is -0.390. The first-order valence-electron chi connectivity index (χ1n) is 9.31. The lowest BCUT2D eigenvalue weighted by atomic mass is 10.0. The number of unbranched alkanes of at least 4 members (excludes halogenated alkanes) is 4. The Balaban J connectivity index is 1.47. The summed E-state index contributed by atoms with van der Waals surface area (Å²) in [6.07, 6.45) is 11.8. The number of aliphatic hydroxyl groups excluding tert-OH is 1. The zero-order valence-corrected chi connectivity index (χ0v) is 16.4. The molecule has 1 aliphatic carbocycles. The predicted molar refractivity (Wildman–Crippen MR) is 98.1 cm³/mol. The molecule has 0 bridgehead atoms. The summed E-state index contributed by atoms with van der Waals surface area (Å²) >= 11 is 3.69. The molecule has 0 aromatic rings. The van der Waals surface area contributed by atoms with E-state index in [1.54, 1.807) is 0 Å². The van der Waals surface area contributed by atoms with Crippen molar-refractivity contribution in [1.82, 2.24) is 0 Å². The smallest absolute Gasteiger partial charge is 0.305 e. The van der Waals surface area contributed by atoms with Crippen LogP contribution in [0.1, 0.15) is 58.3 Å². The second-order valence-electron chi connectivity index (χ2n) is 6.99. The van der Waals surface area contributed by atoms with Crippen LogP contribution in [0.3, 0.4) is 0 Å². The van der Waals surface area contributed by atoms with Crippen molar-refractivity contribution >= 4 is 21.9 Å². The largest absolute Gasteiger partial charge is 0.469 e. The summed E-state index contributed by atoms with van der Waals surface area (Å²) in [6, 6.07) is 0. The topological polar surface area (TPSA) is 59.1 Å². The van der Waals surface area contributed by atoms with Gasteiger partial charge in [0.2, 0.25) is 0 Å². The first-order valence-corrected chi connectivity index (χ1v) is 10.2. The van der Waals surface area contributed by atoms with Gasteiger partial charge in [0.05, 0.1) is 13.2 Å². The van der Waals surface area contributed by atoms with Gasteiger partial charge in [0, 0.05) is 11.2 Å². The number of carbonyl (C=O) groups excluding carboxylic acids is 1. The minimum absolute atomic E-state index is 0.00632. The molecule has 1 saturated heterocycles. The molecule has 0 spiro atoms. The van der Waals surface area contributed by atoms with Crippen molar-refractivity contribution in [2.75, 3.05) is 7.11 Å². The maximum atomic E-state index is 11.0. The first kappa shape index (κ1) is 19.9. The highest BCUT2D eigenvalue weighted by atomic mass is 79.9. The molecule has 24 heavy (non-hydrogen) atoms. The molecule has 1 unspecified atom stereocenters. The Labute approximate surface area is 154 Å². The van der Waals surface area contributed by atoms with E-state index < -0.39 is 0 Å². The molecule has 1 N–H and O–H groups in total. The summed E-state index contributed by atoms with van der Waals surface area (Å²) in [5.74, 6) is 1.28. The third kappa shape index (κ3) is 6.16. The molecular weight excluding hydrogens is 372 g/mol. The third-order valence-corrected chi connectivity index (χ3v) is 6.46.